The Labute approximate surface area is 282 Å². The Morgan fingerprint density at radius 1 is 0.542 bits per heavy atom. The first kappa shape index (κ1) is 34.4. The first-order valence-corrected chi connectivity index (χ1v) is 16.7. The standard InChI is InChI=1S/C20H23NO3.C20H21NO3/c2*1-24-18-7-5-6-17(14-18)19(22)15-8-10-16(11-9-15)20(23)21-12-3-2-4-13-21/h5-11,14,19,22H,2-4,12-13H2,1H3;5-11,14H,2-4,12-13H2,1H3. The third-order valence-corrected chi connectivity index (χ3v) is 8.90. The molecule has 4 aromatic rings. The van der Waals surface area contributed by atoms with E-state index in [4.69, 9.17) is 9.47 Å². The Morgan fingerprint density at radius 2 is 1.00 bits per heavy atom. The number of hydrogen-bond acceptors (Lipinski definition) is 6. The zero-order chi connectivity index (χ0) is 33.9. The van der Waals surface area contributed by atoms with Crippen molar-refractivity contribution in [1.29, 1.82) is 0 Å². The number of rotatable bonds is 8. The molecule has 4 aromatic carbocycles. The average Bonchev–Trinajstić information content (AvgIpc) is 3.17. The van der Waals surface area contributed by atoms with Gasteiger partial charge < -0.3 is 24.4 Å². The Morgan fingerprint density at radius 3 is 1.52 bits per heavy atom. The van der Waals surface area contributed by atoms with E-state index in [1.165, 1.54) is 12.8 Å². The second-order valence-corrected chi connectivity index (χ2v) is 12.1. The van der Waals surface area contributed by atoms with Gasteiger partial charge in [0.1, 0.15) is 17.6 Å². The zero-order valence-corrected chi connectivity index (χ0v) is 27.8. The van der Waals surface area contributed by atoms with Gasteiger partial charge >= 0.3 is 0 Å². The van der Waals surface area contributed by atoms with Crippen LogP contribution in [0, 0.1) is 0 Å². The molecule has 0 saturated carbocycles. The van der Waals surface area contributed by atoms with Crippen molar-refractivity contribution in [2.75, 3.05) is 40.4 Å². The summed E-state index contributed by atoms with van der Waals surface area (Å²) in [4.78, 5) is 41.3. The minimum Gasteiger partial charge on any atom is -0.497 e. The van der Waals surface area contributed by atoms with Crippen molar-refractivity contribution in [3.05, 3.63) is 130 Å². The molecule has 2 heterocycles. The molecule has 0 aromatic heterocycles. The molecule has 1 atom stereocenters. The molecule has 6 rings (SSSR count). The molecule has 2 aliphatic heterocycles. The molecule has 1 N–H and O–H groups in total. The van der Waals surface area contributed by atoms with E-state index in [1.54, 1.807) is 74.9 Å². The Balaban J connectivity index is 0.000000188. The summed E-state index contributed by atoms with van der Waals surface area (Å²) in [6.07, 6.45) is 5.96. The molecular weight excluding hydrogens is 604 g/mol. The molecule has 8 heteroatoms. The molecule has 1 unspecified atom stereocenters. The summed E-state index contributed by atoms with van der Waals surface area (Å²) in [6, 6.07) is 28.6. The minimum atomic E-state index is -0.737. The molecule has 2 amide bonds. The molecule has 2 fully saturated rings. The van der Waals surface area contributed by atoms with Crippen LogP contribution >= 0.6 is 0 Å². The predicted molar refractivity (Wildman–Crippen MR) is 186 cm³/mol. The summed E-state index contributed by atoms with van der Waals surface area (Å²) >= 11 is 0. The number of aliphatic hydroxyl groups is 1. The van der Waals surface area contributed by atoms with Gasteiger partial charge in [0.2, 0.25) is 0 Å². The number of carbonyl (C=O) groups excluding carboxylic acids is 3. The fourth-order valence-electron chi connectivity index (χ4n) is 6.07. The maximum atomic E-state index is 12.5. The Hall–Kier alpha value is -4.95. The lowest BCUT2D eigenvalue weighted by Gasteiger charge is -2.26. The number of likely N-dealkylation sites (tertiary alicyclic amines) is 2. The van der Waals surface area contributed by atoms with Crippen molar-refractivity contribution in [2.45, 2.75) is 44.6 Å². The number of amides is 2. The van der Waals surface area contributed by atoms with Crippen molar-refractivity contribution in [3.8, 4) is 11.5 Å². The second kappa shape index (κ2) is 16.7. The van der Waals surface area contributed by atoms with Crippen LogP contribution in [0.1, 0.15) is 92.4 Å². The quantitative estimate of drug-likeness (QED) is 0.208. The van der Waals surface area contributed by atoms with E-state index in [1.807, 2.05) is 46.2 Å². The predicted octanol–water partition coefficient (Wildman–Crippen LogP) is 6.96. The van der Waals surface area contributed by atoms with Crippen LogP contribution in [0.2, 0.25) is 0 Å². The first-order valence-electron chi connectivity index (χ1n) is 16.7. The Bertz CT molecular complexity index is 1670. The zero-order valence-electron chi connectivity index (χ0n) is 27.8. The van der Waals surface area contributed by atoms with Gasteiger partial charge in [0.15, 0.2) is 5.78 Å². The van der Waals surface area contributed by atoms with Crippen LogP contribution < -0.4 is 9.47 Å². The molecule has 8 nitrogen and oxygen atoms in total. The van der Waals surface area contributed by atoms with Gasteiger partial charge in [-0.1, -0.05) is 48.5 Å². The number of nitrogens with zero attached hydrogens (tertiary/aromatic N) is 2. The topological polar surface area (TPSA) is 96.4 Å². The van der Waals surface area contributed by atoms with Crippen LogP contribution in [0.25, 0.3) is 0 Å². The highest BCUT2D eigenvalue weighted by atomic mass is 16.5. The maximum Gasteiger partial charge on any atom is 0.253 e. The highest BCUT2D eigenvalue weighted by Gasteiger charge is 2.20. The van der Waals surface area contributed by atoms with Crippen LogP contribution in [-0.2, 0) is 0 Å². The highest BCUT2D eigenvalue weighted by molar-refractivity contribution is 6.09. The van der Waals surface area contributed by atoms with Crippen molar-refractivity contribution >= 4 is 17.6 Å². The summed E-state index contributed by atoms with van der Waals surface area (Å²) in [7, 11) is 3.18. The van der Waals surface area contributed by atoms with E-state index >= 15 is 0 Å². The first-order chi connectivity index (χ1) is 23.4. The summed E-state index contributed by atoms with van der Waals surface area (Å²) in [5.74, 6) is 1.42. The van der Waals surface area contributed by atoms with E-state index in [0.29, 0.717) is 33.8 Å². The normalized spacial score (nSPS) is 15.1. The fraction of sp³-hybridized carbons (Fsp3) is 0.325. The number of methoxy groups -OCH3 is 2. The van der Waals surface area contributed by atoms with Crippen LogP contribution in [-0.4, -0.2) is 72.9 Å². The van der Waals surface area contributed by atoms with Gasteiger partial charge in [0, 0.05) is 48.4 Å². The molecule has 0 spiro atoms. The van der Waals surface area contributed by atoms with E-state index < -0.39 is 6.10 Å². The number of ether oxygens (including phenoxy) is 2. The van der Waals surface area contributed by atoms with Crippen LogP contribution in [0.4, 0.5) is 0 Å². The summed E-state index contributed by atoms with van der Waals surface area (Å²) in [6.45, 7) is 3.33. The minimum absolute atomic E-state index is 0.0510. The SMILES string of the molecule is COc1cccc(C(=O)c2ccc(C(=O)N3CCCCC3)cc2)c1.COc1cccc(C(O)c2ccc(C(=O)N3CCCCC3)cc2)c1. The number of hydrogen-bond donors (Lipinski definition) is 1. The van der Waals surface area contributed by atoms with Crippen molar-refractivity contribution in [1.82, 2.24) is 9.80 Å². The van der Waals surface area contributed by atoms with Gasteiger partial charge in [-0.05, 0) is 98.2 Å². The molecular formula is C40H44N2O6. The van der Waals surface area contributed by atoms with Crippen molar-refractivity contribution < 1.29 is 29.0 Å². The number of benzene rings is 4. The molecule has 0 bridgehead atoms. The number of piperidine rings is 2. The largest absolute Gasteiger partial charge is 0.497 e. The van der Waals surface area contributed by atoms with Crippen LogP contribution in [0.5, 0.6) is 11.5 Å². The van der Waals surface area contributed by atoms with E-state index in [0.717, 1.165) is 63.0 Å². The van der Waals surface area contributed by atoms with Crippen LogP contribution in [0.3, 0.4) is 0 Å². The third kappa shape index (κ3) is 8.69. The second-order valence-electron chi connectivity index (χ2n) is 12.1. The number of ketones is 1. The van der Waals surface area contributed by atoms with Gasteiger partial charge in [0.05, 0.1) is 14.2 Å². The van der Waals surface area contributed by atoms with E-state index in [2.05, 4.69) is 0 Å². The summed E-state index contributed by atoms with van der Waals surface area (Å²) in [5.41, 5.74) is 3.99. The van der Waals surface area contributed by atoms with Gasteiger partial charge in [0.25, 0.3) is 11.8 Å². The summed E-state index contributed by atoms with van der Waals surface area (Å²) < 4.78 is 10.4. The fourth-order valence-corrected chi connectivity index (χ4v) is 6.07. The molecule has 2 aliphatic rings. The lowest BCUT2D eigenvalue weighted by Crippen LogP contribution is -2.35. The lowest BCUT2D eigenvalue weighted by molar-refractivity contribution is 0.0717. The molecule has 0 radical (unpaired) electrons. The molecule has 0 aliphatic carbocycles. The average molecular weight is 649 g/mol. The van der Waals surface area contributed by atoms with Crippen molar-refractivity contribution in [2.24, 2.45) is 0 Å². The molecule has 48 heavy (non-hydrogen) atoms. The van der Waals surface area contributed by atoms with E-state index in [-0.39, 0.29) is 17.6 Å². The summed E-state index contributed by atoms with van der Waals surface area (Å²) in [5, 5.41) is 10.5. The monoisotopic (exact) mass is 648 g/mol. The molecule has 250 valence electrons. The maximum absolute atomic E-state index is 12.5. The van der Waals surface area contributed by atoms with Crippen LogP contribution in [0.15, 0.2) is 97.1 Å². The van der Waals surface area contributed by atoms with Gasteiger partial charge in [-0.2, -0.15) is 0 Å². The number of carbonyl (C=O) groups is 3. The third-order valence-electron chi connectivity index (χ3n) is 8.90. The lowest BCUT2D eigenvalue weighted by atomic mass is 9.99. The van der Waals surface area contributed by atoms with E-state index in [9.17, 15) is 19.5 Å². The molecule has 2 saturated heterocycles. The Kier molecular flexibility index (Phi) is 12.0. The smallest absolute Gasteiger partial charge is 0.253 e. The van der Waals surface area contributed by atoms with Gasteiger partial charge in [-0.25, -0.2) is 0 Å². The highest BCUT2D eigenvalue weighted by Crippen LogP contribution is 2.26. The van der Waals surface area contributed by atoms with Gasteiger partial charge in [-0.15, -0.1) is 0 Å². The number of aliphatic hydroxyl groups excluding tert-OH is 1. The van der Waals surface area contributed by atoms with Crippen molar-refractivity contribution in [3.63, 3.8) is 0 Å². The van der Waals surface area contributed by atoms with Gasteiger partial charge in [-0.3, -0.25) is 14.4 Å².